The SMILES string of the molecule is Cc1ccc(C)c(CN2CCN3C(=O)[C@@H](Cc4ccccc4)NC(=O)[C@H]3C2)c1. The molecule has 2 aliphatic heterocycles. The molecule has 146 valence electrons. The highest BCUT2D eigenvalue weighted by Crippen LogP contribution is 2.21. The highest BCUT2D eigenvalue weighted by atomic mass is 16.2. The number of nitrogens with one attached hydrogen (secondary N) is 1. The zero-order valence-electron chi connectivity index (χ0n) is 16.5. The molecule has 2 aliphatic rings. The zero-order valence-corrected chi connectivity index (χ0v) is 16.5. The molecule has 2 aromatic rings. The predicted octanol–water partition coefficient (Wildman–Crippen LogP) is 2.06. The van der Waals surface area contributed by atoms with Crippen LogP contribution in [0.4, 0.5) is 0 Å². The van der Waals surface area contributed by atoms with E-state index in [1.165, 1.54) is 16.7 Å². The number of carbonyl (C=O) groups is 2. The molecule has 0 aromatic heterocycles. The molecule has 2 heterocycles. The van der Waals surface area contributed by atoms with Crippen LogP contribution in [0.3, 0.4) is 0 Å². The first-order valence-electron chi connectivity index (χ1n) is 9.94. The number of hydrogen-bond acceptors (Lipinski definition) is 3. The van der Waals surface area contributed by atoms with Crippen LogP contribution in [0.5, 0.6) is 0 Å². The molecule has 0 spiro atoms. The first kappa shape index (κ1) is 18.7. The number of benzene rings is 2. The van der Waals surface area contributed by atoms with Gasteiger partial charge in [-0.25, -0.2) is 0 Å². The minimum Gasteiger partial charge on any atom is -0.342 e. The van der Waals surface area contributed by atoms with Crippen molar-refractivity contribution in [2.24, 2.45) is 0 Å². The van der Waals surface area contributed by atoms with Crippen LogP contribution in [0.2, 0.25) is 0 Å². The molecule has 28 heavy (non-hydrogen) atoms. The van der Waals surface area contributed by atoms with Crippen LogP contribution in [0, 0.1) is 13.8 Å². The van der Waals surface area contributed by atoms with E-state index in [4.69, 9.17) is 0 Å². The van der Waals surface area contributed by atoms with E-state index >= 15 is 0 Å². The average Bonchev–Trinajstić information content (AvgIpc) is 2.69. The van der Waals surface area contributed by atoms with E-state index in [2.05, 4.69) is 42.3 Å². The number of piperazine rings is 2. The second kappa shape index (κ2) is 7.76. The normalized spacial score (nSPS) is 22.7. The first-order chi connectivity index (χ1) is 13.5. The van der Waals surface area contributed by atoms with Crippen molar-refractivity contribution >= 4 is 11.8 Å². The van der Waals surface area contributed by atoms with Gasteiger partial charge >= 0.3 is 0 Å². The Bertz CT molecular complexity index is 881. The summed E-state index contributed by atoms with van der Waals surface area (Å²) in [5.41, 5.74) is 4.86. The Morgan fingerprint density at radius 2 is 1.82 bits per heavy atom. The Kier molecular flexibility index (Phi) is 5.18. The van der Waals surface area contributed by atoms with Gasteiger partial charge in [0.2, 0.25) is 11.8 Å². The van der Waals surface area contributed by atoms with Gasteiger partial charge in [0.1, 0.15) is 12.1 Å². The molecule has 0 radical (unpaired) electrons. The van der Waals surface area contributed by atoms with Crippen molar-refractivity contribution in [3.8, 4) is 0 Å². The molecule has 0 unspecified atom stereocenters. The van der Waals surface area contributed by atoms with E-state index in [0.717, 1.165) is 18.7 Å². The van der Waals surface area contributed by atoms with Crippen LogP contribution in [0.25, 0.3) is 0 Å². The van der Waals surface area contributed by atoms with Crippen molar-refractivity contribution in [1.29, 1.82) is 0 Å². The molecule has 2 amide bonds. The summed E-state index contributed by atoms with van der Waals surface area (Å²) in [4.78, 5) is 29.8. The van der Waals surface area contributed by atoms with Crippen molar-refractivity contribution in [1.82, 2.24) is 15.1 Å². The first-order valence-corrected chi connectivity index (χ1v) is 9.94. The smallest absolute Gasteiger partial charge is 0.246 e. The largest absolute Gasteiger partial charge is 0.342 e. The Morgan fingerprint density at radius 3 is 2.61 bits per heavy atom. The molecular formula is C23H27N3O2. The van der Waals surface area contributed by atoms with Crippen molar-refractivity contribution in [2.45, 2.75) is 38.9 Å². The van der Waals surface area contributed by atoms with Crippen LogP contribution in [0.1, 0.15) is 22.3 Å². The summed E-state index contributed by atoms with van der Waals surface area (Å²) in [5, 5.41) is 2.96. The minimum absolute atomic E-state index is 0.0359. The maximum atomic E-state index is 13.0. The number of carbonyl (C=O) groups excluding carboxylic acids is 2. The Morgan fingerprint density at radius 1 is 1.04 bits per heavy atom. The lowest BCUT2D eigenvalue weighted by Gasteiger charge is -2.45. The molecule has 5 nitrogen and oxygen atoms in total. The lowest BCUT2D eigenvalue weighted by atomic mass is 9.98. The fraction of sp³-hybridized carbons (Fsp3) is 0.391. The molecule has 0 aliphatic carbocycles. The summed E-state index contributed by atoms with van der Waals surface area (Å²) < 4.78 is 0. The minimum atomic E-state index is -0.461. The number of fused-ring (bicyclic) bond motifs is 1. The molecule has 0 bridgehead atoms. The van der Waals surface area contributed by atoms with Gasteiger partial charge in [-0.2, -0.15) is 0 Å². The van der Waals surface area contributed by atoms with E-state index in [1.54, 1.807) is 4.90 Å². The predicted molar refractivity (Wildman–Crippen MR) is 109 cm³/mol. The summed E-state index contributed by atoms with van der Waals surface area (Å²) in [5.74, 6) is 0.00559. The second-order valence-corrected chi connectivity index (χ2v) is 7.96. The summed E-state index contributed by atoms with van der Waals surface area (Å²) in [6.45, 7) is 7.01. The molecule has 0 saturated carbocycles. The number of amides is 2. The van der Waals surface area contributed by atoms with Crippen molar-refractivity contribution in [2.75, 3.05) is 19.6 Å². The van der Waals surface area contributed by atoms with E-state index in [1.807, 2.05) is 30.3 Å². The summed E-state index contributed by atoms with van der Waals surface area (Å²) in [6.07, 6.45) is 0.542. The van der Waals surface area contributed by atoms with Gasteiger partial charge in [0.15, 0.2) is 0 Å². The lowest BCUT2D eigenvalue weighted by Crippen LogP contribution is -2.69. The molecule has 5 heteroatoms. The van der Waals surface area contributed by atoms with Gasteiger partial charge in [-0.05, 0) is 30.5 Å². The van der Waals surface area contributed by atoms with E-state index in [9.17, 15) is 9.59 Å². The fourth-order valence-corrected chi connectivity index (χ4v) is 4.20. The van der Waals surface area contributed by atoms with Gasteiger partial charge in [-0.3, -0.25) is 14.5 Å². The van der Waals surface area contributed by atoms with Crippen LogP contribution in [-0.4, -0.2) is 53.3 Å². The molecule has 2 atom stereocenters. The van der Waals surface area contributed by atoms with Crippen molar-refractivity contribution < 1.29 is 9.59 Å². The summed E-state index contributed by atoms with van der Waals surface area (Å²) in [7, 11) is 0. The highest BCUT2D eigenvalue weighted by Gasteiger charge is 2.43. The second-order valence-electron chi connectivity index (χ2n) is 7.96. The highest BCUT2D eigenvalue weighted by molar-refractivity contribution is 5.97. The van der Waals surface area contributed by atoms with Gasteiger partial charge in [-0.15, -0.1) is 0 Å². The van der Waals surface area contributed by atoms with Gasteiger partial charge < -0.3 is 10.2 Å². The monoisotopic (exact) mass is 377 g/mol. The number of nitrogens with zero attached hydrogens (tertiary/aromatic N) is 2. The molecule has 2 aromatic carbocycles. The maximum absolute atomic E-state index is 13.0. The third kappa shape index (κ3) is 3.80. The number of rotatable bonds is 4. The standard InChI is InChI=1S/C23H27N3O2/c1-16-8-9-17(2)19(12-16)14-25-10-11-26-21(15-25)22(27)24-20(23(26)28)13-18-6-4-3-5-7-18/h3-9,12,20-21H,10-11,13-15H2,1-2H3,(H,24,27)/t20-,21-/m1/s1. The Labute approximate surface area is 166 Å². The average molecular weight is 377 g/mol. The van der Waals surface area contributed by atoms with Crippen LogP contribution >= 0.6 is 0 Å². The van der Waals surface area contributed by atoms with Crippen molar-refractivity contribution in [3.63, 3.8) is 0 Å². The van der Waals surface area contributed by atoms with Crippen LogP contribution in [0.15, 0.2) is 48.5 Å². The quantitative estimate of drug-likeness (QED) is 0.887. The Balaban J connectivity index is 1.43. The topological polar surface area (TPSA) is 52.6 Å². The van der Waals surface area contributed by atoms with Gasteiger partial charge in [-0.1, -0.05) is 54.1 Å². The maximum Gasteiger partial charge on any atom is 0.246 e. The lowest BCUT2D eigenvalue weighted by molar-refractivity contribution is -0.153. The van der Waals surface area contributed by atoms with Gasteiger partial charge in [0, 0.05) is 32.6 Å². The number of aryl methyl sites for hydroxylation is 2. The molecule has 2 fully saturated rings. The molecule has 1 N–H and O–H groups in total. The zero-order chi connectivity index (χ0) is 19.7. The molecule has 2 saturated heterocycles. The third-order valence-corrected chi connectivity index (χ3v) is 5.85. The molecular weight excluding hydrogens is 350 g/mol. The van der Waals surface area contributed by atoms with E-state index in [-0.39, 0.29) is 11.8 Å². The van der Waals surface area contributed by atoms with Gasteiger partial charge in [0.25, 0.3) is 0 Å². The van der Waals surface area contributed by atoms with Gasteiger partial charge in [0.05, 0.1) is 0 Å². The summed E-state index contributed by atoms with van der Waals surface area (Å²) >= 11 is 0. The summed E-state index contributed by atoms with van der Waals surface area (Å²) in [6, 6.07) is 15.5. The third-order valence-electron chi connectivity index (χ3n) is 5.85. The Hall–Kier alpha value is -2.66. The van der Waals surface area contributed by atoms with E-state index in [0.29, 0.717) is 19.5 Å². The number of hydrogen-bond donors (Lipinski definition) is 1. The molecule has 4 rings (SSSR count). The van der Waals surface area contributed by atoms with Crippen LogP contribution < -0.4 is 5.32 Å². The van der Waals surface area contributed by atoms with Crippen LogP contribution in [-0.2, 0) is 22.6 Å². The van der Waals surface area contributed by atoms with E-state index < -0.39 is 12.1 Å². The van der Waals surface area contributed by atoms with Crippen molar-refractivity contribution in [3.05, 3.63) is 70.8 Å². The fourth-order valence-electron chi connectivity index (χ4n) is 4.20.